The number of nitrogens with zero attached hydrogens (tertiary/aromatic N) is 1. The van der Waals surface area contributed by atoms with E-state index < -0.39 is 32.3 Å². The maximum absolute atomic E-state index is 11.4. The highest BCUT2D eigenvalue weighted by molar-refractivity contribution is 8.41. The van der Waals surface area contributed by atoms with Crippen LogP contribution in [-0.2, 0) is 27.2 Å². The van der Waals surface area contributed by atoms with Gasteiger partial charge in [0.15, 0.2) is 5.75 Å². The third-order valence-corrected chi connectivity index (χ3v) is 7.31. The van der Waals surface area contributed by atoms with Crippen molar-refractivity contribution in [1.82, 2.24) is 0 Å². The molecule has 13 heteroatoms. The van der Waals surface area contributed by atoms with E-state index in [9.17, 15) is 25.9 Å². The second-order valence-electron chi connectivity index (χ2n) is 6.52. The Morgan fingerprint density at radius 2 is 1.47 bits per heavy atom. The van der Waals surface area contributed by atoms with Crippen LogP contribution in [0.25, 0.3) is 0 Å². The lowest BCUT2D eigenvalue weighted by atomic mass is 10.0. The van der Waals surface area contributed by atoms with Crippen molar-refractivity contribution in [2.75, 3.05) is 11.5 Å². The molecule has 0 amide bonds. The molecular weight excluding hydrogens is 474 g/mol. The van der Waals surface area contributed by atoms with Gasteiger partial charge in [0, 0.05) is 17.1 Å². The fourth-order valence-corrected chi connectivity index (χ4v) is 5.76. The Morgan fingerprint density at radius 1 is 0.900 bits per heavy atom. The number of rotatable bonds is 12. The first kappa shape index (κ1) is 25.3. The van der Waals surface area contributed by atoms with Gasteiger partial charge in [-0.05, 0) is 18.9 Å². The quantitative estimate of drug-likeness (QED) is 0.314. The lowest BCUT2D eigenvalue weighted by molar-refractivity contribution is 0.360. The second kappa shape index (κ2) is 11.6. The maximum Gasteiger partial charge on any atom is 0.446 e. The second-order valence-corrected chi connectivity index (χ2v) is 11.0. The average molecular weight is 500 g/mol. The van der Waals surface area contributed by atoms with Gasteiger partial charge in [-0.1, -0.05) is 68.6 Å². The molecule has 0 bridgehead atoms. The van der Waals surface area contributed by atoms with Gasteiger partial charge in [-0.25, -0.2) is 4.99 Å². The van der Waals surface area contributed by atoms with Crippen LogP contribution in [0.3, 0.4) is 0 Å². The molecule has 0 spiro atoms. The summed E-state index contributed by atoms with van der Waals surface area (Å²) in [7, 11) is -9.98. The van der Waals surface area contributed by atoms with E-state index in [1.807, 2.05) is 0 Å². The molecule has 9 nitrogen and oxygen atoms in total. The topological polar surface area (TPSA) is 140 Å². The summed E-state index contributed by atoms with van der Waals surface area (Å²) in [4.78, 5) is 4.29. The molecular formula is C17H25NO8S4. The van der Waals surface area contributed by atoms with Crippen molar-refractivity contribution in [1.29, 1.82) is 0 Å². The summed E-state index contributed by atoms with van der Waals surface area (Å²) in [6.45, 7) is 2.11. The SMILES string of the molecule is CCCCCCCCc1ccc(N=C2SCCS2)c(OS(=O)(=O)O)c1OS(=O)(=O)O. The van der Waals surface area contributed by atoms with Gasteiger partial charge in [0.2, 0.25) is 5.75 Å². The molecule has 30 heavy (non-hydrogen) atoms. The highest BCUT2D eigenvalue weighted by Crippen LogP contribution is 2.44. The standard InChI is InChI=1S/C17H25NO8S4/c1-2-3-4-5-6-7-8-13-9-10-14(18-17-27-11-12-28-17)16(26-30(22,23)24)15(13)25-29(19,20)21/h9-10H,2-8,11-12H2,1H3,(H,19,20,21)(H,22,23,24). The summed E-state index contributed by atoms with van der Waals surface area (Å²) in [5.41, 5.74) is 0.285. The predicted molar refractivity (Wildman–Crippen MR) is 120 cm³/mol. The summed E-state index contributed by atoms with van der Waals surface area (Å²) < 4.78 is 73.9. The zero-order valence-electron chi connectivity index (χ0n) is 16.4. The predicted octanol–water partition coefficient (Wildman–Crippen LogP) is 4.42. The van der Waals surface area contributed by atoms with Crippen LogP contribution in [0.15, 0.2) is 17.1 Å². The maximum atomic E-state index is 11.4. The first-order chi connectivity index (χ1) is 14.1. The molecule has 170 valence electrons. The molecule has 1 fully saturated rings. The number of hydrogen-bond acceptors (Lipinski definition) is 9. The molecule has 0 aliphatic carbocycles. The van der Waals surface area contributed by atoms with Crippen LogP contribution in [0.4, 0.5) is 5.69 Å². The van der Waals surface area contributed by atoms with E-state index in [0.29, 0.717) is 22.8 Å². The number of hydrogen-bond donors (Lipinski definition) is 2. The minimum Gasteiger partial charge on any atom is -0.357 e. The molecule has 1 saturated heterocycles. The van der Waals surface area contributed by atoms with Crippen molar-refractivity contribution in [2.45, 2.75) is 51.9 Å². The lowest BCUT2D eigenvalue weighted by Gasteiger charge is -2.15. The van der Waals surface area contributed by atoms with Gasteiger partial charge in [-0.3, -0.25) is 9.11 Å². The van der Waals surface area contributed by atoms with Gasteiger partial charge < -0.3 is 8.37 Å². The van der Waals surface area contributed by atoms with Crippen LogP contribution >= 0.6 is 23.5 Å². The Balaban J connectivity index is 2.40. The number of aryl methyl sites for hydroxylation is 1. The van der Waals surface area contributed by atoms with E-state index in [-0.39, 0.29) is 5.69 Å². The summed E-state index contributed by atoms with van der Waals surface area (Å²) in [5.74, 6) is 0.558. The van der Waals surface area contributed by atoms with Gasteiger partial charge in [0.1, 0.15) is 10.1 Å². The molecule has 0 atom stereocenters. The fraction of sp³-hybridized carbons (Fsp3) is 0.588. The van der Waals surface area contributed by atoms with Gasteiger partial charge in [-0.2, -0.15) is 16.8 Å². The van der Waals surface area contributed by atoms with E-state index in [4.69, 9.17) is 0 Å². The summed E-state index contributed by atoms with van der Waals surface area (Å²) in [5, 5.41) is 0. The van der Waals surface area contributed by atoms with Gasteiger partial charge in [0.25, 0.3) is 0 Å². The third-order valence-electron chi connectivity index (χ3n) is 4.10. The van der Waals surface area contributed by atoms with Crippen LogP contribution in [0.1, 0.15) is 51.0 Å². The van der Waals surface area contributed by atoms with Gasteiger partial charge in [-0.15, -0.1) is 0 Å². The smallest absolute Gasteiger partial charge is 0.357 e. The molecule has 2 N–H and O–H groups in total. The van der Waals surface area contributed by atoms with Crippen molar-refractivity contribution < 1.29 is 34.3 Å². The Bertz CT molecular complexity index is 952. The highest BCUT2D eigenvalue weighted by atomic mass is 32.3. The van der Waals surface area contributed by atoms with Gasteiger partial charge in [0.05, 0.1) is 0 Å². The molecule has 0 unspecified atom stereocenters. The molecule has 1 aliphatic rings. The zero-order valence-corrected chi connectivity index (χ0v) is 19.7. The lowest BCUT2D eigenvalue weighted by Crippen LogP contribution is -2.13. The van der Waals surface area contributed by atoms with Crippen molar-refractivity contribution in [3.05, 3.63) is 17.7 Å². The van der Waals surface area contributed by atoms with Crippen LogP contribution in [0.5, 0.6) is 11.5 Å². The largest absolute Gasteiger partial charge is 0.446 e. The van der Waals surface area contributed by atoms with Gasteiger partial charge >= 0.3 is 20.8 Å². The Hall–Kier alpha value is -0.990. The van der Waals surface area contributed by atoms with Crippen LogP contribution in [-0.4, -0.2) is 41.8 Å². The van der Waals surface area contributed by atoms with Crippen LogP contribution < -0.4 is 8.37 Å². The summed E-state index contributed by atoms with van der Waals surface area (Å²) >= 11 is 2.89. The normalized spacial score (nSPS) is 14.7. The highest BCUT2D eigenvalue weighted by Gasteiger charge is 2.25. The molecule has 2 rings (SSSR count). The summed E-state index contributed by atoms with van der Waals surface area (Å²) in [6, 6.07) is 3.02. The Kier molecular flexibility index (Phi) is 9.75. The molecule has 0 saturated carbocycles. The van der Waals surface area contributed by atoms with Crippen molar-refractivity contribution in [2.24, 2.45) is 4.99 Å². The molecule has 1 aliphatic heterocycles. The Morgan fingerprint density at radius 3 is 2.07 bits per heavy atom. The van der Waals surface area contributed by atoms with E-state index in [2.05, 4.69) is 20.3 Å². The molecule has 1 aromatic rings. The third kappa shape index (κ3) is 9.02. The van der Waals surface area contributed by atoms with Crippen molar-refractivity contribution in [3.8, 4) is 11.5 Å². The molecule has 1 aromatic carbocycles. The van der Waals surface area contributed by atoms with Crippen molar-refractivity contribution >= 4 is 54.4 Å². The number of thioether (sulfide) groups is 2. The van der Waals surface area contributed by atoms with Crippen LogP contribution in [0.2, 0.25) is 0 Å². The number of aliphatic imine (C=N–C) groups is 1. The van der Waals surface area contributed by atoms with E-state index in [1.165, 1.54) is 29.6 Å². The average Bonchev–Trinajstić information content (AvgIpc) is 3.13. The monoisotopic (exact) mass is 499 g/mol. The first-order valence-corrected chi connectivity index (χ1v) is 14.1. The fourth-order valence-electron chi connectivity index (χ4n) is 2.82. The van der Waals surface area contributed by atoms with E-state index in [0.717, 1.165) is 43.6 Å². The van der Waals surface area contributed by atoms with E-state index >= 15 is 0 Å². The van der Waals surface area contributed by atoms with Crippen LogP contribution in [0, 0.1) is 0 Å². The Labute approximate surface area is 185 Å². The van der Waals surface area contributed by atoms with Crippen molar-refractivity contribution in [3.63, 3.8) is 0 Å². The van der Waals surface area contributed by atoms with E-state index in [1.54, 1.807) is 6.07 Å². The molecule has 1 heterocycles. The number of unbranched alkanes of at least 4 members (excludes halogenated alkanes) is 5. The molecule has 0 aromatic heterocycles. The minimum atomic E-state index is -5.00. The molecule has 0 radical (unpaired) electrons. The zero-order chi connectivity index (χ0) is 22.2. The number of benzene rings is 1. The minimum absolute atomic E-state index is 0.0325. The summed E-state index contributed by atoms with van der Waals surface area (Å²) in [6.07, 6.45) is 6.29. The first-order valence-electron chi connectivity index (χ1n) is 9.43.